The highest BCUT2D eigenvalue weighted by atomic mass is 28.4. The molecule has 0 aliphatic heterocycles. The summed E-state index contributed by atoms with van der Waals surface area (Å²) in [6, 6.07) is 8.20. The van der Waals surface area contributed by atoms with Crippen molar-refractivity contribution in [3.8, 4) is 5.75 Å². The molecule has 0 aliphatic carbocycles. The molecule has 0 radical (unpaired) electrons. The maximum Gasteiger partial charge on any atom is 0.242 e. The van der Waals surface area contributed by atoms with Crippen LogP contribution < -0.4 is 4.43 Å². The van der Waals surface area contributed by atoms with Crippen LogP contribution >= 0.6 is 0 Å². The zero-order valence-corrected chi connectivity index (χ0v) is 15.6. The van der Waals surface area contributed by atoms with Gasteiger partial charge in [-0.25, -0.2) is 9.97 Å². The SMILES string of the molecule is Cc1cnc(CC=NC(C)c2ccccc2O[Si](C)(C)C)nc1. The van der Waals surface area contributed by atoms with Gasteiger partial charge in [-0.2, -0.15) is 0 Å². The van der Waals surface area contributed by atoms with E-state index in [-0.39, 0.29) is 6.04 Å². The lowest BCUT2D eigenvalue weighted by Gasteiger charge is -2.22. The average Bonchev–Trinajstić information content (AvgIpc) is 2.48. The largest absolute Gasteiger partial charge is 0.544 e. The normalized spacial score (nSPS) is 13.3. The summed E-state index contributed by atoms with van der Waals surface area (Å²) in [7, 11) is -1.64. The van der Waals surface area contributed by atoms with Crippen molar-refractivity contribution in [3.63, 3.8) is 0 Å². The molecule has 122 valence electrons. The van der Waals surface area contributed by atoms with Crippen LogP contribution in [0.15, 0.2) is 41.7 Å². The molecular formula is C18H25N3OSi. The number of hydrogen-bond acceptors (Lipinski definition) is 4. The van der Waals surface area contributed by atoms with Gasteiger partial charge in [-0.3, -0.25) is 4.99 Å². The predicted molar refractivity (Wildman–Crippen MR) is 97.8 cm³/mol. The van der Waals surface area contributed by atoms with Gasteiger partial charge in [-0.05, 0) is 45.1 Å². The second kappa shape index (κ2) is 7.50. The lowest BCUT2D eigenvalue weighted by molar-refractivity contribution is 0.543. The topological polar surface area (TPSA) is 47.4 Å². The van der Waals surface area contributed by atoms with Crippen LogP contribution in [0.4, 0.5) is 0 Å². The Morgan fingerprint density at radius 3 is 2.48 bits per heavy atom. The van der Waals surface area contributed by atoms with Gasteiger partial charge in [0.1, 0.15) is 11.6 Å². The third-order valence-electron chi connectivity index (χ3n) is 3.22. The third-order valence-corrected chi connectivity index (χ3v) is 4.05. The number of aliphatic imine (C=N–C) groups is 1. The van der Waals surface area contributed by atoms with Crippen LogP contribution in [0.1, 0.15) is 29.9 Å². The number of aromatic nitrogens is 2. The van der Waals surface area contributed by atoms with Gasteiger partial charge in [0, 0.05) is 30.6 Å². The highest BCUT2D eigenvalue weighted by Gasteiger charge is 2.19. The second-order valence-corrected chi connectivity index (χ2v) is 11.1. The van der Waals surface area contributed by atoms with E-state index in [4.69, 9.17) is 4.43 Å². The molecule has 23 heavy (non-hydrogen) atoms. The summed E-state index contributed by atoms with van der Waals surface area (Å²) in [6.07, 6.45) is 6.19. The standard InChI is InChI=1S/C18H25N3OSi/c1-14-12-20-18(21-13-14)10-11-19-15(2)16-8-6-7-9-17(16)22-23(3,4)5/h6-9,11-13,15H,10H2,1-5H3. The van der Waals surface area contributed by atoms with Gasteiger partial charge in [0.2, 0.25) is 8.32 Å². The Hall–Kier alpha value is -2.01. The van der Waals surface area contributed by atoms with E-state index in [9.17, 15) is 0 Å². The number of rotatable bonds is 6. The maximum absolute atomic E-state index is 6.17. The molecular weight excluding hydrogens is 302 g/mol. The number of benzene rings is 1. The first-order valence-electron chi connectivity index (χ1n) is 7.92. The van der Waals surface area contributed by atoms with E-state index >= 15 is 0 Å². The van der Waals surface area contributed by atoms with Crippen molar-refractivity contribution in [1.82, 2.24) is 9.97 Å². The van der Waals surface area contributed by atoms with Crippen LogP contribution in [-0.4, -0.2) is 24.5 Å². The van der Waals surface area contributed by atoms with Crippen LogP contribution in [0.25, 0.3) is 0 Å². The van der Waals surface area contributed by atoms with Gasteiger partial charge in [0.05, 0.1) is 6.04 Å². The Labute approximate surface area is 139 Å². The Bertz CT molecular complexity index is 663. The van der Waals surface area contributed by atoms with E-state index in [1.807, 2.05) is 43.7 Å². The Morgan fingerprint density at radius 1 is 1.17 bits per heavy atom. The van der Waals surface area contributed by atoms with E-state index < -0.39 is 8.32 Å². The first-order valence-corrected chi connectivity index (χ1v) is 11.3. The molecule has 0 N–H and O–H groups in total. The maximum atomic E-state index is 6.17. The van der Waals surface area contributed by atoms with Gasteiger partial charge >= 0.3 is 0 Å². The van der Waals surface area contributed by atoms with Crippen molar-refractivity contribution < 1.29 is 4.43 Å². The Balaban J connectivity index is 2.06. The summed E-state index contributed by atoms with van der Waals surface area (Å²) in [6.45, 7) is 10.6. The van der Waals surface area contributed by atoms with E-state index in [0.717, 1.165) is 22.7 Å². The smallest absolute Gasteiger partial charge is 0.242 e. The molecule has 1 atom stereocenters. The molecule has 0 saturated carbocycles. The lowest BCUT2D eigenvalue weighted by atomic mass is 10.1. The van der Waals surface area contributed by atoms with Gasteiger partial charge in [0.15, 0.2) is 0 Å². The first-order chi connectivity index (χ1) is 10.8. The molecule has 0 bridgehead atoms. The minimum Gasteiger partial charge on any atom is -0.544 e. The number of hydrogen-bond donors (Lipinski definition) is 0. The molecule has 0 spiro atoms. The summed E-state index contributed by atoms with van der Waals surface area (Å²) < 4.78 is 6.17. The Kier molecular flexibility index (Phi) is 5.66. The summed E-state index contributed by atoms with van der Waals surface area (Å²) in [5.74, 6) is 1.74. The molecule has 5 heteroatoms. The van der Waals surface area contributed by atoms with Gasteiger partial charge in [-0.15, -0.1) is 0 Å². The average molecular weight is 328 g/mol. The molecule has 0 fully saturated rings. The minimum atomic E-state index is -1.64. The van der Waals surface area contributed by atoms with E-state index in [1.54, 1.807) is 0 Å². The zero-order valence-electron chi connectivity index (χ0n) is 14.6. The monoisotopic (exact) mass is 327 g/mol. The molecule has 1 unspecified atom stereocenters. The molecule has 2 aromatic rings. The predicted octanol–water partition coefficient (Wildman–Crippen LogP) is 4.37. The first kappa shape index (κ1) is 17.3. The molecule has 1 aromatic heterocycles. The van der Waals surface area contributed by atoms with Crippen LogP contribution in [0.5, 0.6) is 5.75 Å². The number of para-hydroxylation sites is 1. The van der Waals surface area contributed by atoms with Crippen molar-refractivity contribution in [1.29, 1.82) is 0 Å². The summed E-state index contributed by atoms with van der Waals surface area (Å²) in [5.41, 5.74) is 2.19. The fraction of sp³-hybridized carbons (Fsp3) is 0.389. The van der Waals surface area contributed by atoms with Crippen LogP contribution in [0.3, 0.4) is 0 Å². The zero-order chi connectivity index (χ0) is 16.9. The summed E-state index contributed by atoms with van der Waals surface area (Å²) in [5, 5.41) is 0. The van der Waals surface area contributed by atoms with E-state index in [0.29, 0.717) is 6.42 Å². The lowest BCUT2D eigenvalue weighted by Crippen LogP contribution is -2.29. The Morgan fingerprint density at radius 2 is 1.83 bits per heavy atom. The summed E-state index contributed by atoms with van der Waals surface area (Å²) in [4.78, 5) is 13.2. The van der Waals surface area contributed by atoms with E-state index in [1.165, 1.54) is 0 Å². The van der Waals surface area contributed by atoms with Crippen molar-refractivity contribution in [3.05, 3.63) is 53.6 Å². The number of nitrogens with zero attached hydrogens (tertiary/aromatic N) is 3. The van der Waals surface area contributed by atoms with E-state index in [2.05, 4.69) is 47.6 Å². The molecule has 0 amide bonds. The molecule has 2 rings (SSSR count). The highest BCUT2D eigenvalue weighted by molar-refractivity contribution is 6.70. The van der Waals surface area contributed by atoms with Gasteiger partial charge in [-0.1, -0.05) is 18.2 Å². The molecule has 1 heterocycles. The van der Waals surface area contributed by atoms with Crippen LogP contribution in [-0.2, 0) is 6.42 Å². The van der Waals surface area contributed by atoms with Crippen molar-refractivity contribution in [2.75, 3.05) is 0 Å². The molecule has 0 aliphatic rings. The molecule has 1 aromatic carbocycles. The third kappa shape index (κ3) is 5.60. The fourth-order valence-electron chi connectivity index (χ4n) is 2.15. The quantitative estimate of drug-likeness (QED) is 0.584. The fourth-order valence-corrected chi connectivity index (χ4v) is 2.99. The van der Waals surface area contributed by atoms with Crippen LogP contribution in [0.2, 0.25) is 19.6 Å². The number of aryl methyl sites for hydroxylation is 1. The second-order valence-electron chi connectivity index (χ2n) is 6.64. The minimum absolute atomic E-state index is 0.0491. The van der Waals surface area contributed by atoms with Crippen molar-refractivity contribution >= 4 is 14.5 Å². The summed E-state index contributed by atoms with van der Waals surface area (Å²) >= 11 is 0. The van der Waals surface area contributed by atoms with Gasteiger partial charge < -0.3 is 4.43 Å². The van der Waals surface area contributed by atoms with Crippen molar-refractivity contribution in [2.45, 2.75) is 46.0 Å². The van der Waals surface area contributed by atoms with Gasteiger partial charge in [0.25, 0.3) is 0 Å². The van der Waals surface area contributed by atoms with Crippen LogP contribution in [0, 0.1) is 6.92 Å². The molecule has 0 saturated heterocycles. The highest BCUT2D eigenvalue weighted by Crippen LogP contribution is 2.29. The van der Waals surface area contributed by atoms with Crippen molar-refractivity contribution in [2.24, 2.45) is 4.99 Å². The molecule has 4 nitrogen and oxygen atoms in total.